The molecule has 2 unspecified atom stereocenters. The van der Waals surface area contributed by atoms with Crippen LogP contribution in [0.2, 0.25) is 0 Å². The first-order valence-electron chi connectivity index (χ1n) is 7.83. The lowest BCUT2D eigenvalue weighted by Crippen LogP contribution is -2.31. The van der Waals surface area contributed by atoms with Crippen molar-refractivity contribution in [3.8, 4) is 6.07 Å². The standard InChI is InChI=1S/C19H20FN3O/c1-4-19(3,13(2)20)15-6-5-7-16(10-15)23-18(24)17-9-8-14(11-21)12-22-17/h5-10,12-13H,4H2,1-3H3,(H,23,24). The van der Waals surface area contributed by atoms with Crippen molar-refractivity contribution in [2.75, 3.05) is 5.32 Å². The van der Waals surface area contributed by atoms with E-state index >= 15 is 0 Å². The van der Waals surface area contributed by atoms with Crippen LogP contribution < -0.4 is 5.32 Å². The van der Waals surface area contributed by atoms with E-state index in [9.17, 15) is 9.18 Å². The van der Waals surface area contributed by atoms with Gasteiger partial charge in [0.15, 0.2) is 0 Å². The molecule has 2 rings (SSSR count). The fourth-order valence-corrected chi connectivity index (χ4v) is 2.46. The number of carbonyl (C=O) groups is 1. The Labute approximate surface area is 141 Å². The second kappa shape index (κ2) is 7.22. The minimum absolute atomic E-state index is 0.219. The zero-order valence-corrected chi connectivity index (χ0v) is 14.0. The number of nitrogens with zero attached hydrogens (tertiary/aromatic N) is 2. The Balaban J connectivity index is 2.23. The van der Waals surface area contributed by atoms with E-state index in [1.165, 1.54) is 18.3 Å². The highest BCUT2D eigenvalue weighted by Gasteiger charge is 2.31. The van der Waals surface area contributed by atoms with Gasteiger partial charge in [0, 0.05) is 17.3 Å². The Bertz CT molecular complexity index is 765. The second-order valence-electron chi connectivity index (χ2n) is 5.97. The predicted molar refractivity (Wildman–Crippen MR) is 91.6 cm³/mol. The Kier molecular flexibility index (Phi) is 5.30. The third-order valence-corrected chi connectivity index (χ3v) is 4.52. The molecule has 0 radical (unpaired) electrons. The van der Waals surface area contributed by atoms with Gasteiger partial charge in [-0.15, -0.1) is 0 Å². The van der Waals surface area contributed by atoms with Crippen LogP contribution in [0.4, 0.5) is 10.1 Å². The molecule has 0 aliphatic rings. The van der Waals surface area contributed by atoms with Gasteiger partial charge in [0.25, 0.3) is 5.91 Å². The average molecular weight is 325 g/mol. The molecule has 2 atom stereocenters. The second-order valence-corrected chi connectivity index (χ2v) is 5.97. The summed E-state index contributed by atoms with van der Waals surface area (Å²) in [5.41, 5.74) is 1.43. The van der Waals surface area contributed by atoms with Crippen LogP contribution in [-0.2, 0) is 5.41 Å². The molecule has 1 aromatic heterocycles. The number of pyridine rings is 1. The van der Waals surface area contributed by atoms with E-state index in [1.54, 1.807) is 25.1 Å². The van der Waals surface area contributed by atoms with Gasteiger partial charge in [-0.05, 0) is 43.2 Å². The Hall–Kier alpha value is -2.74. The Morgan fingerprint density at radius 1 is 1.42 bits per heavy atom. The number of rotatable bonds is 5. The van der Waals surface area contributed by atoms with E-state index in [0.717, 1.165) is 5.56 Å². The Morgan fingerprint density at radius 2 is 2.17 bits per heavy atom. The molecule has 0 bridgehead atoms. The lowest BCUT2D eigenvalue weighted by atomic mass is 9.76. The molecule has 124 valence electrons. The summed E-state index contributed by atoms with van der Waals surface area (Å²) in [6, 6.07) is 12.2. The highest BCUT2D eigenvalue weighted by molar-refractivity contribution is 6.02. The summed E-state index contributed by atoms with van der Waals surface area (Å²) < 4.78 is 14.0. The van der Waals surface area contributed by atoms with Crippen molar-refractivity contribution >= 4 is 11.6 Å². The lowest BCUT2D eigenvalue weighted by Gasteiger charge is -2.31. The summed E-state index contributed by atoms with van der Waals surface area (Å²) in [6.45, 7) is 5.37. The highest BCUT2D eigenvalue weighted by Crippen LogP contribution is 2.34. The third-order valence-electron chi connectivity index (χ3n) is 4.52. The molecule has 0 saturated heterocycles. The molecular formula is C19H20FN3O. The smallest absolute Gasteiger partial charge is 0.274 e. The van der Waals surface area contributed by atoms with Crippen molar-refractivity contribution in [2.24, 2.45) is 0 Å². The van der Waals surface area contributed by atoms with Crippen LogP contribution in [0.3, 0.4) is 0 Å². The molecule has 0 fully saturated rings. The minimum atomic E-state index is -1.01. The highest BCUT2D eigenvalue weighted by atomic mass is 19.1. The molecule has 2 aromatic rings. The quantitative estimate of drug-likeness (QED) is 0.894. The normalized spacial score (nSPS) is 14.3. The summed E-state index contributed by atoms with van der Waals surface area (Å²) in [4.78, 5) is 16.2. The molecule has 1 aromatic carbocycles. The monoisotopic (exact) mass is 325 g/mol. The van der Waals surface area contributed by atoms with Crippen LogP contribution in [0.1, 0.15) is 48.8 Å². The first kappa shape index (κ1) is 17.6. The number of alkyl halides is 1. The van der Waals surface area contributed by atoms with Crippen molar-refractivity contribution in [2.45, 2.75) is 38.8 Å². The minimum Gasteiger partial charge on any atom is -0.321 e. The van der Waals surface area contributed by atoms with E-state index in [0.29, 0.717) is 17.7 Å². The van der Waals surface area contributed by atoms with Crippen molar-refractivity contribution in [3.63, 3.8) is 0 Å². The molecule has 0 saturated carbocycles. The molecule has 1 N–H and O–H groups in total. The van der Waals surface area contributed by atoms with Gasteiger partial charge in [0.05, 0.1) is 5.56 Å². The van der Waals surface area contributed by atoms with Gasteiger partial charge in [0.1, 0.15) is 17.9 Å². The molecule has 24 heavy (non-hydrogen) atoms. The molecule has 1 amide bonds. The number of hydrogen-bond acceptors (Lipinski definition) is 3. The van der Waals surface area contributed by atoms with Crippen LogP contribution >= 0.6 is 0 Å². The van der Waals surface area contributed by atoms with Crippen LogP contribution in [0.25, 0.3) is 0 Å². The van der Waals surface area contributed by atoms with E-state index in [4.69, 9.17) is 5.26 Å². The Morgan fingerprint density at radius 3 is 2.71 bits per heavy atom. The van der Waals surface area contributed by atoms with Crippen molar-refractivity contribution in [3.05, 3.63) is 59.4 Å². The summed E-state index contributed by atoms with van der Waals surface area (Å²) >= 11 is 0. The van der Waals surface area contributed by atoms with Gasteiger partial charge < -0.3 is 5.32 Å². The van der Waals surface area contributed by atoms with Gasteiger partial charge in [-0.1, -0.05) is 26.0 Å². The average Bonchev–Trinajstić information content (AvgIpc) is 2.61. The molecular weight excluding hydrogens is 305 g/mol. The topological polar surface area (TPSA) is 65.8 Å². The summed E-state index contributed by atoms with van der Waals surface area (Å²) in [5, 5.41) is 11.5. The number of carbonyl (C=O) groups excluding carboxylic acids is 1. The van der Waals surface area contributed by atoms with Crippen LogP contribution in [0, 0.1) is 11.3 Å². The number of halogens is 1. The number of anilines is 1. The fourth-order valence-electron chi connectivity index (χ4n) is 2.46. The molecule has 4 nitrogen and oxygen atoms in total. The van der Waals surface area contributed by atoms with E-state index < -0.39 is 11.6 Å². The molecule has 0 aliphatic heterocycles. The molecule has 0 spiro atoms. The van der Waals surface area contributed by atoms with Gasteiger partial charge in [-0.2, -0.15) is 5.26 Å². The molecule has 0 aliphatic carbocycles. The maximum atomic E-state index is 14.0. The first-order valence-corrected chi connectivity index (χ1v) is 7.83. The zero-order chi connectivity index (χ0) is 17.7. The maximum absolute atomic E-state index is 14.0. The van der Waals surface area contributed by atoms with Gasteiger partial charge in [0.2, 0.25) is 0 Å². The third kappa shape index (κ3) is 3.60. The van der Waals surface area contributed by atoms with Crippen LogP contribution in [-0.4, -0.2) is 17.1 Å². The van der Waals surface area contributed by atoms with Gasteiger partial charge >= 0.3 is 0 Å². The largest absolute Gasteiger partial charge is 0.321 e. The summed E-state index contributed by atoms with van der Waals surface area (Å²) in [7, 11) is 0. The number of nitrogens with one attached hydrogen (secondary N) is 1. The van der Waals surface area contributed by atoms with E-state index in [2.05, 4.69) is 10.3 Å². The number of aromatic nitrogens is 1. The SMILES string of the molecule is CCC(C)(c1cccc(NC(=O)c2ccc(C#N)cn2)c1)C(C)F. The number of hydrogen-bond donors (Lipinski definition) is 1. The molecule has 5 heteroatoms. The zero-order valence-electron chi connectivity index (χ0n) is 14.0. The fraction of sp³-hybridized carbons (Fsp3) is 0.316. The van der Waals surface area contributed by atoms with Crippen molar-refractivity contribution in [1.29, 1.82) is 5.26 Å². The summed E-state index contributed by atoms with van der Waals surface area (Å²) in [5.74, 6) is -0.372. The number of benzene rings is 1. The first-order chi connectivity index (χ1) is 11.4. The maximum Gasteiger partial charge on any atom is 0.274 e. The van der Waals surface area contributed by atoms with Crippen molar-refractivity contribution in [1.82, 2.24) is 4.98 Å². The van der Waals surface area contributed by atoms with Crippen molar-refractivity contribution < 1.29 is 9.18 Å². The van der Waals surface area contributed by atoms with Gasteiger partial charge in [-0.3, -0.25) is 4.79 Å². The number of nitriles is 1. The predicted octanol–water partition coefficient (Wildman–Crippen LogP) is 4.23. The van der Waals surface area contributed by atoms with Crippen LogP contribution in [0.5, 0.6) is 0 Å². The lowest BCUT2D eigenvalue weighted by molar-refractivity contribution is 0.102. The van der Waals surface area contributed by atoms with E-state index in [-0.39, 0.29) is 11.6 Å². The molecule has 1 heterocycles. The summed E-state index contributed by atoms with van der Waals surface area (Å²) in [6.07, 6.45) is 0.998. The van der Waals surface area contributed by atoms with Gasteiger partial charge in [-0.25, -0.2) is 9.37 Å². The number of amides is 1. The van der Waals surface area contributed by atoms with Crippen LogP contribution in [0.15, 0.2) is 42.6 Å². The van der Waals surface area contributed by atoms with E-state index in [1.807, 2.05) is 26.0 Å².